The Bertz CT molecular complexity index is 1590. The van der Waals surface area contributed by atoms with Crippen molar-refractivity contribution in [2.75, 3.05) is 24.5 Å². The quantitative estimate of drug-likeness (QED) is 0.254. The Kier molecular flexibility index (Phi) is 7.52. The van der Waals surface area contributed by atoms with Crippen LogP contribution in [0.1, 0.15) is 38.8 Å². The zero-order valence-corrected chi connectivity index (χ0v) is 22.5. The van der Waals surface area contributed by atoms with Crippen molar-refractivity contribution in [1.29, 1.82) is 0 Å². The summed E-state index contributed by atoms with van der Waals surface area (Å²) >= 11 is 5.90. The second kappa shape index (κ2) is 11.2. The average molecular weight is 541 g/mol. The smallest absolute Gasteiger partial charge is 0.271 e. The van der Waals surface area contributed by atoms with Gasteiger partial charge in [-0.1, -0.05) is 54.1 Å². The van der Waals surface area contributed by atoms with Crippen molar-refractivity contribution in [3.63, 3.8) is 0 Å². The highest BCUT2D eigenvalue weighted by Crippen LogP contribution is 2.27. The lowest BCUT2D eigenvalue weighted by Gasteiger charge is -2.41. The molecule has 1 unspecified atom stereocenters. The van der Waals surface area contributed by atoms with Gasteiger partial charge in [-0.25, -0.2) is 5.43 Å². The molecule has 1 atom stereocenters. The number of hydrazone groups is 1. The van der Waals surface area contributed by atoms with E-state index in [1.54, 1.807) is 6.21 Å². The summed E-state index contributed by atoms with van der Waals surface area (Å²) < 4.78 is 0. The monoisotopic (exact) mass is 540 g/mol. The predicted octanol–water partition coefficient (Wildman–Crippen LogP) is 5.62. The van der Waals surface area contributed by atoms with Gasteiger partial charge in [-0.2, -0.15) is 5.10 Å². The predicted molar refractivity (Wildman–Crippen MR) is 156 cm³/mol. The molecule has 198 valence electrons. The molecule has 0 aliphatic carbocycles. The van der Waals surface area contributed by atoms with Crippen molar-refractivity contribution < 1.29 is 14.7 Å². The fraction of sp³-hybridized carbons (Fsp3) is 0.194. The van der Waals surface area contributed by atoms with Gasteiger partial charge in [0.15, 0.2) is 0 Å². The number of benzene rings is 4. The van der Waals surface area contributed by atoms with E-state index < -0.39 is 5.91 Å². The van der Waals surface area contributed by atoms with Crippen LogP contribution in [-0.4, -0.2) is 53.7 Å². The third-order valence-electron chi connectivity index (χ3n) is 7.02. The summed E-state index contributed by atoms with van der Waals surface area (Å²) in [6, 6.07) is 24.2. The first-order chi connectivity index (χ1) is 18.8. The number of piperazine rings is 1. The van der Waals surface area contributed by atoms with Crippen LogP contribution in [0.5, 0.6) is 5.75 Å². The highest BCUT2D eigenvalue weighted by molar-refractivity contribution is 6.32. The van der Waals surface area contributed by atoms with Gasteiger partial charge in [-0.3, -0.25) is 9.59 Å². The first-order valence-electron chi connectivity index (χ1n) is 12.8. The van der Waals surface area contributed by atoms with E-state index in [1.165, 1.54) is 29.4 Å². The van der Waals surface area contributed by atoms with Crippen LogP contribution in [0, 0.1) is 6.92 Å². The Hall–Kier alpha value is -4.36. The first-order valence-corrected chi connectivity index (χ1v) is 13.2. The topological polar surface area (TPSA) is 85.2 Å². The highest BCUT2D eigenvalue weighted by atomic mass is 35.5. The molecule has 2 amide bonds. The Morgan fingerprint density at radius 1 is 1.00 bits per heavy atom. The van der Waals surface area contributed by atoms with Gasteiger partial charge in [0.1, 0.15) is 5.75 Å². The molecule has 4 aromatic carbocycles. The molecule has 1 fully saturated rings. The van der Waals surface area contributed by atoms with Crippen LogP contribution in [0.15, 0.2) is 84.0 Å². The Labute approximate surface area is 232 Å². The van der Waals surface area contributed by atoms with Gasteiger partial charge in [0.05, 0.1) is 11.2 Å². The minimum Gasteiger partial charge on any atom is -0.506 e. The van der Waals surface area contributed by atoms with Crippen LogP contribution in [0.3, 0.4) is 0 Å². The van der Waals surface area contributed by atoms with E-state index in [0.717, 1.165) is 22.9 Å². The number of phenols is 1. The van der Waals surface area contributed by atoms with E-state index >= 15 is 0 Å². The Morgan fingerprint density at radius 3 is 2.54 bits per heavy atom. The van der Waals surface area contributed by atoms with Crippen LogP contribution in [0.25, 0.3) is 10.8 Å². The standard InChI is InChI=1S/C31H29ClN4O3/c1-20-6-5-7-24(16-20)36-15-14-35(19-21(36)2)31(39)27-12-10-23(25-8-3-4-9-26(25)27)18-33-34-30(38)22-11-13-29(37)28(32)17-22/h3-13,16-18,21,37H,14-15,19H2,1-2H3,(H,34,38). The lowest BCUT2D eigenvalue weighted by Crippen LogP contribution is -2.53. The number of fused-ring (bicyclic) bond motifs is 1. The lowest BCUT2D eigenvalue weighted by molar-refractivity contribution is 0.0728. The molecule has 1 saturated heterocycles. The molecule has 2 N–H and O–H groups in total. The number of carbonyl (C=O) groups excluding carboxylic acids is 2. The summed E-state index contributed by atoms with van der Waals surface area (Å²) in [6.45, 7) is 6.29. The molecule has 8 heteroatoms. The average Bonchev–Trinajstić information content (AvgIpc) is 2.94. The second-order valence-corrected chi connectivity index (χ2v) is 10.2. The number of nitrogens with zero attached hydrogens (tertiary/aromatic N) is 3. The van der Waals surface area contributed by atoms with Gasteiger partial charge in [0.2, 0.25) is 0 Å². The maximum Gasteiger partial charge on any atom is 0.271 e. The van der Waals surface area contributed by atoms with E-state index in [1.807, 2.05) is 41.3 Å². The molecular formula is C31H29ClN4O3. The summed E-state index contributed by atoms with van der Waals surface area (Å²) in [5.41, 5.74) is 6.57. The molecule has 7 nitrogen and oxygen atoms in total. The highest BCUT2D eigenvalue weighted by Gasteiger charge is 2.28. The number of hydrogen-bond donors (Lipinski definition) is 2. The Balaban J connectivity index is 1.32. The van der Waals surface area contributed by atoms with Crippen molar-refractivity contribution in [3.05, 3.63) is 106 Å². The summed E-state index contributed by atoms with van der Waals surface area (Å²) in [7, 11) is 0. The number of nitrogens with one attached hydrogen (secondary N) is 1. The van der Waals surface area contributed by atoms with Gasteiger partial charge in [-0.15, -0.1) is 0 Å². The molecular weight excluding hydrogens is 512 g/mol. The maximum atomic E-state index is 13.7. The van der Waals surface area contributed by atoms with Gasteiger partial charge in [0.25, 0.3) is 11.8 Å². The number of aromatic hydroxyl groups is 1. The van der Waals surface area contributed by atoms with Crippen molar-refractivity contribution in [3.8, 4) is 5.75 Å². The fourth-order valence-corrected chi connectivity index (χ4v) is 5.18. The van der Waals surface area contributed by atoms with Gasteiger partial charge >= 0.3 is 0 Å². The summed E-state index contributed by atoms with van der Waals surface area (Å²) in [4.78, 5) is 30.4. The molecule has 1 aliphatic rings. The Morgan fingerprint density at radius 2 is 1.79 bits per heavy atom. The van der Waals surface area contributed by atoms with Crippen molar-refractivity contribution in [2.24, 2.45) is 5.10 Å². The molecule has 1 aliphatic heterocycles. The second-order valence-electron chi connectivity index (χ2n) is 9.75. The molecule has 0 spiro atoms. The number of amides is 2. The molecule has 5 rings (SSSR count). The third-order valence-corrected chi connectivity index (χ3v) is 7.32. The summed E-state index contributed by atoms with van der Waals surface area (Å²) in [5.74, 6) is -0.549. The third kappa shape index (κ3) is 5.59. The van der Waals surface area contributed by atoms with Crippen LogP contribution in [0.2, 0.25) is 5.02 Å². The minimum atomic E-state index is -0.455. The number of carbonyl (C=O) groups is 2. The maximum absolute atomic E-state index is 13.7. The van der Waals surface area contributed by atoms with E-state index in [2.05, 4.69) is 53.5 Å². The normalized spacial score (nSPS) is 15.6. The van der Waals surface area contributed by atoms with Gasteiger partial charge < -0.3 is 14.9 Å². The van der Waals surface area contributed by atoms with Gasteiger partial charge in [-0.05, 0) is 66.6 Å². The van der Waals surface area contributed by atoms with E-state index in [4.69, 9.17) is 11.6 Å². The van der Waals surface area contributed by atoms with Gasteiger partial charge in [0, 0.05) is 48.1 Å². The van der Waals surface area contributed by atoms with Crippen LogP contribution in [-0.2, 0) is 0 Å². The number of hydrogen-bond acceptors (Lipinski definition) is 5. The first kappa shape index (κ1) is 26.3. The summed E-state index contributed by atoms with van der Waals surface area (Å²) in [6.07, 6.45) is 1.55. The zero-order chi connectivity index (χ0) is 27.5. The molecule has 0 saturated carbocycles. The number of aryl methyl sites for hydroxylation is 1. The van der Waals surface area contributed by atoms with Crippen LogP contribution >= 0.6 is 11.6 Å². The van der Waals surface area contributed by atoms with Crippen molar-refractivity contribution >= 4 is 46.1 Å². The largest absolute Gasteiger partial charge is 0.506 e. The van der Waals surface area contributed by atoms with E-state index in [9.17, 15) is 14.7 Å². The molecule has 4 aromatic rings. The van der Waals surface area contributed by atoms with E-state index in [-0.39, 0.29) is 28.3 Å². The lowest BCUT2D eigenvalue weighted by atomic mass is 9.98. The zero-order valence-electron chi connectivity index (χ0n) is 21.8. The fourth-order valence-electron chi connectivity index (χ4n) is 5.00. The number of phenolic OH excluding ortho intramolecular Hbond substituents is 1. The van der Waals surface area contributed by atoms with Crippen LogP contribution in [0.4, 0.5) is 5.69 Å². The molecule has 39 heavy (non-hydrogen) atoms. The minimum absolute atomic E-state index is 0.00272. The van der Waals surface area contributed by atoms with Crippen LogP contribution < -0.4 is 10.3 Å². The molecule has 0 radical (unpaired) electrons. The number of rotatable bonds is 5. The molecule has 1 heterocycles. The number of anilines is 1. The SMILES string of the molecule is Cc1cccc(N2CCN(C(=O)c3ccc(C=NNC(=O)c4ccc(O)c(Cl)c4)c4ccccc34)CC2C)c1. The van der Waals surface area contributed by atoms with Crippen molar-refractivity contribution in [1.82, 2.24) is 10.3 Å². The number of halogens is 1. The van der Waals surface area contributed by atoms with E-state index in [0.29, 0.717) is 18.7 Å². The van der Waals surface area contributed by atoms with Crippen molar-refractivity contribution in [2.45, 2.75) is 19.9 Å². The molecule has 0 aromatic heterocycles. The molecule has 0 bridgehead atoms. The summed E-state index contributed by atoms with van der Waals surface area (Å²) in [5, 5.41) is 15.4.